The number of hydrogen-bond donors (Lipinski definition) is 2. The molecule has 0 fully saturated rings. The van der Waals surface area contributed by atoms with Crippen molar-refractivity contribution in [2.75, 3.05) is 0 Å². The fourth-order valence-electron chi connectivity index (χ4n) is 1.50. The topological polar surface area (TPSA) is 62.0 Å². The molecule has 0 radical (unpaired) electrons. The average molecular weight is 384 g/mol. The van der Waals surface area contributed by atoms with E-state index in [9.17, 15) is 8.42 Å². The van der Waals surface area contributed by atoms with Crippen LogP contribution in [0.2, 0.25) is 10.0 Å². The Balaban J connectivity index is 2.29. The number of H-pyrrole nitrogens is 1. The smallest absolute Gasteiger partial charge is 0.243 e. The zero-order valence-electron chi connectivity index (χ0n) is 9.45. The third-order valence-corrected chi connectivity index (χ3v) is 5.14. The van der Waals surface area contributed by atoms with Crippen molar-refractivity contribution < 1.29 is 8.42 Å². The Morgan fingerprint density at radius 3 is 2.42 bits per heavy atom. The lowest BCUT2D eigenvalue weighted by molar-refractivity contribution is 0.581. The summed E-state index contributed by atoms with van der Waals surface area (Å²) in [4.78, 5) is 2.73. The van der Waals surface area contributed by atoms with E-state index in [1.807, 2.05) is 0 Å². The maximum Gasteiger partial charge on any atom is 0.243 e. The summed E-state index contributed by atoms with van der Waals surface area (Å²) in [6, 6.07) is 4.74. The summed E-state index contributed by atoms with van der Waals surface area (Å²) < 4.78 is 27.4. The van der Waals surface area contributed by atoms with Gasteiger partial charge in [0.15, 0.2) is 0 Å². The van der Waals surface area contributed by atoms with Crippen LogP contribution in [-0.4, -0.2) is 13.4 Å². The van der Waals surface area contributed by atoms with E-state index in [1.54, 1.807) is 18.5 Å². The number of nitrogens with one attached hydrogen (secondary N) is 2. The molecule has 0 atom stereocenters. The molecule has 8 heteroatoms. The highest BCUT2D eigenvalue weighted by Gasteiger charge is 2.22. The van der Waals surface area contributed by atoms with E-state index in [4.69, 9.17) is 23.2 Å². The number of halogens is 3. The van der Waals surface area contributed by atoms with E-state index in [1.165, 1.54) is 12.1 Å². The Morgan fingerprint density at radius 2 is 1.89 bits per heavy atom. The second-order valence-electron chi connectivity index (χ2n) is 3.74. The van der Waals surface area contributed by atoms with Crippen LogP contribution in [0.5, 0.6) is 0 Å². The van der Waals surface area contributed by atoms with Gasteiger partial charge in [-0.15, -0.1) is 0 Å². The van der Waals surface area contributed by atoms with Crippen molar-refractivity contribution in [3.05, 3.63) is 50.7 Å². The lowest BCUT2D eigenvalue weighted by Gasteiger charge is -2.10. The van der Waals surface area contributed by atoms with Crippen LogP contribution in [0, 0.1) is 0 Å². The van der Waals surface area contributed by atoms with Gasteiger partial charge < -0.3 is 4.98 Å². The van der Waals surface area contributed by atoms with Crippen LogP contribution in [0.3, 0.4) is 0 Å². The minimum absolute atomic E-state index is 0.0703. The molecule has 1 heterocycles. The lowest BCUT2D eigenvalue weighted by atomic mass is 10.3. The van der Waals surface area contributed by atoms with Gasteiger partial charge in [-0.3, -0.25) is 0 Å². The molecule has 1 aromatic heterocycles. The Hall–Kier alpha value is -0.530. The molecular weight excluding hydrogens is 375 g/mol. The fraction of sp³-hybridized carbons (Fsp3) is 0.0909. The van der Waals surface area contributed by atoms with E-state index in [2.05, 4.69) is 25.6 Å². The maximum atomic E-state index is 12.2. The van der Waals surface area contributed by atoms with Crippen molar-refractivity contribution in [3.8, 4) is 0 Å². The molecule has 0 bridgehead atoms. The van der Waals surface area contributed by atoms with Gasteiger partial charge in [-0.05, 0) is 23.8 Å². The highest BCUT2D eigenvalue weighted by molar-refractivity contribution is 9.10. The number of rotatable bonds is 4. The molecule has 0 spiro atoms. The molecule has 19 heavy (non-hydrogen) atoms. The van der Waals surface area contributed by atoms with E-state index in [0.29, 0.717) is 4.47 Å². The van der Waals surface area contributed by atoms with Crippen molar-refractivity contribution in [2.45, 2.75) is 11.4 Å². The average Bonchev–Trinajstić information content (AvgIpc) is 2.77. The van der Waals surface area contributed by atoms with E-state index >= 15 is 0 Å². The minimum Gasteiger partial charge on any atom is -0.367 e. The SMILES string of the molecule is O=S(=O)(NCc1cc[nH]c1)c1c(Cl)cc(Br)cc1Cl. The van der Waals surface area contributed by atoms with Crippen LogP contribution in [0.4, 0.5) is 0 Å². The van der Waals surface area contributed by atoms with Gasteiger partial charge in [-0.25, -0.2) is 13.1 Å². The molecule has 0 amide bonds. The number of aromatic amines is 1. The van der Waals surface area contributed by atoms with Crippen molar-refractivity contribution >= 4 is 49.2 Å². The molecule has 2 N–H and O–H groups in total. The summed E-state index contributed by atoms with van der Waals surface area (Å²) in [5.74, 6) is 0. The molecule has 102 valence electrons. The summed E-state index contributed by atoms with van der Waals surface area (Å²) >= 11 is 15.1. The Morgan fingerprint density at radius 1 is 1.26 bits per heavy atom. The molecule has 0 aliphatic rings. The van der Waals surface area contributed by atoms with Crippen molar-refractivity contribution in [1.29, 1.82) is 0 Å². The van der Waals surface area contributed by atoms with E-state index in [-0.39, 0.29) is 21.5 Å². The molecule has 2 aromatic rings. The van der Waals surface area contributed by atoms with Crippen LogP contribution in [0.15, 0.2) is 40.0 Å². The molecule has 0 aliphatic heterocycles. The van der Waals surface area contributed by atoms with Gasteiger partial charge in [-0.1, -0.05) is 39.1 Å². The first-order valence-corrected chi connectivity index (χ1v) is 8.19. The maximum absolute atomic E-state index is 12.2. The van der Waals surface area contributed by atoms with Crippen LogP contribution < -0.4 is 4.72 Å². The molecule has 0 saturated heterocycles. The third-order valence-electron chi connectivity index (χ3n) is 2.36. The van der Waals surface area contributed by atoms with E-state index in [0.717, 1.165) is 5.56 Å². The Kier molecular flexibility index (Phi) is 4.58. The van der Waals surface area contributed by atoms with Gasteiger partial charge in [0.2, 0.25) is 10.0 Å². The summed E-state index contributed by atoms with van der Waals surface area (Å²) in [6.07, 6.45) is 3.41. The lowest BCUT2D eigenvalue weighted by Crippen LogP contribution is -2.23. The largest absolute Gasteiger partial charge is 0.367 e. The van der Waals surface area contributed by atoms with Crippen molar-refractivity contribution in [2.24, 2.45) is 0 Å². The fourth-order valence-corrected chi connectivity index (χ4v) is 4.45. The molecule has 1 aromatic carbocycles. The first-order valence-electron chi connectivity index (χ1n) is 5.16. The second-order valence-corrected chi connectivity index (χ2v) is 7.18. The molecule has 0 saturated carbocycles. The third kappa shape index (κ3) is 3.52. The molecule has 0 aliphatic carbocycles. The van der Waals surface area contributed by atoms with Crippen molar-refractivity contribution in [3.63, 3.8) is 0 Å². The monoisotopic (exact) mass is 382 g/mol. The number of sulfonamides is 1. The highest BCUT2D eigenvalue weighted by atomic mass is 79.9. The molecule has 0 unspecified atom stereocenters. The van der Waals surface area contributed by atoms with Crippen LogP contribution >= 0.6 is 39.1 Å². The van der Waals surface area contributed by atoms with Crippen LogP contribution in [0.1, 0.15) is 5.56 Å². The van der Waals surface area contributed by atoms with E-state index < -0.39 is 10.0 Å². The first-order chi connectivity index (χ1) is 8.90. The summed E-state index contributed by atoms with van der Waals surface area (Å²) in [5, 5.41) is 0.141. The quantitative estimate of drug-likeness (QED) is 0.847. The highest BCUT2D eigenvalue weighted by Crippen LogP contribution is 2.32. The second kappa shape index (κ2) is 5.85. The van der Waals surface area contributed by atoms with Gasteiger partial charge in [0, 0.05) is 23.4 Å². The van der Waals surface area contributed by atoms with Gasteiger partial charge in [0.1, 0.15) is 4.90 Å². The number of benzene rings is 1. The zero-order chi connectivity index (χ0) is 14.0. The Bertz CT molecular complexity index is 664. The normalized spacial score (nSPS) is 11.7. The van der Waals surface area contributed by atoms with Gasteiger partial charge in [0.05, 0.1) is 10.0 Å². The molecular formula is C11H9BrCl2N2O2S. The van der Waals surface area contributed by atoms with Crippen molar-refractivity contribution in [1.82, 2.24) is 9.71 Å². The Labute approximate surface area is 129 Å². The minimum atomic E-state index is -3.76. The first kappa shape index (κ1) is 14.9. The number of aromatic nitrogens is 1. The van der Waals surface area contributed by atoms with Crippen LogP contribution in [0.25, 0.3) is 0 Å². The van der Waals surface area contributed by atoms with Gasteiger partial charge in [-0.2, -0.15) is 0 Å². The van der Waals surface area contributed by atoms with Gasteiger partial charge in [0.25, 0.3) is 0 Å². The molecule has 4 nitrogen and oxygen atoms in total. The predicted molar refractivity (Wildman–Crippen MR) is 79.0 cm³/mol. The summed E-state index contributed by atoms with van der Waals surface area (Å²) in [5.41, 5.74) is 0.813. The summed E-state index contributed by atoms with van der Waals surface area (Å²) in [7, 11) is -3.76. The molecule has 2 rings (SSSR count). The summed E-state index contributed by atoms with van der Waals surface area (Å²) in [6.45, 7) is 0.161. The zero-order valence-corrected chi connectivity index (χ0v) is 13.4. The standard InChI is InChI=1S/C11H9BrCl2N2O2S/c12-8-3-9(13)11(10(14)4-8)19(17,18)16-6-7-1-2-15-5-7/h1-5,15-16H,6H2. The van der Waals surface area contributed by atoms with Crippen LogP contribution in [-0.2, 0) is 16.6 Å². The predicted octanol–water partition coefficient (Wildman–Crippen LogP) is 3.56. The van der Waals surface area contributed by atoms with Gasteiger partial charge >= 0.3 is 0 Å². The number of hydrogen-bond acceptors (Lipinski definition) is 2.